The van der Waals surface area contributed by atoms with Gasteiger partial charge in [0.05, 0.1) is 5.56 Å². The summed E-state index contributed by atoms with van der Waals surface area (Å²) in [5.74, 6) is 0.207. The Morgan fingerprint density at radius 3 is 2.78 bits per heavy atom. The number of hydrogen-bond acceptors (Lipinski definition) is 4. The molecule has 0 atom stereocenters. The Balaban J connectivity index is 1.65. The summed E-state index contributed by atoms with van der Waals surface area (Å²) in [4.78, 5) is 18.8. The van der Waals surface area contributed by atoms with E-state index in [1.807, 2.05) is 42.5 Å². The van der Waals surface area contributed by atoms with Crippen molar-refractivity contribution in [3.8, 4) is 11.5 Å². The van der Waals surface area contributed by atoms with Crippen LogP contribution in [0.1, 0.15) is 16.1 Å². The lowest BCUT2D eigenvalue weighted by Gasteiger charge is -2.15. The highest BCUT2D eigenvalue weighted by atomic mass is 16.3. The smallest absolute Gasteiger partial charge is 0.280 e. The summed E-state index contributed by atoms with van der Waals surface area (Å²) < 4.78 is 5.46. The van der Waals surface area contributed by atoms with Gasteiger partial charge in [0, 0.05) is 17.9 Å². The number of para-hydroxylation sites is 2. The number of nitrogens with two attached hydrogens (primary N) is 1. The number of carbonyl (C=O) groups is 1. The molecule has 0 saturated carbocycles. The van der Waals surface area contributed by atoms with Gasteiger partial charge in [0.15, 0.2) is 5.69 Å². The number of benzene rings is 2. The molecule has 3 aromatic rings. The van der Waals surface area contributed by atoms with E-state index in [9.17, 15) is 4.79 Å². The second-order valence-electron chi connectivity index (χ2n) is 5.46. The van der Waals surface area contributed by atoms with Crippen molar-refractivity contribution in [2.24, 2.45) is 0 Å². The summed E-state index contributed by atoms with van der Waals surface area (Å²) in [6.07, 6.45) is 2.25. The number of carbonyl (C=O) groups excluding carboxylic acids is 1. The van der Waals surface area contributed by atoms with Crippen LogP contribution in [0.5, 0.6) is 0 Å². The van der Waals surface area contributed by atoms with Crippen LogP contribution in [0.4, 0.5) is 11.4 Å². The molecule has 0 aliphatic carbocycles. The third-order valence-corrected chi connectivity index (χ3v) is 4.05. The zero-order valence-corrected chi connectivity index (χ0v) is 12.4. The molecular formula is C18H15N3O2. The molecule has 2 heterocycles. The quantitative estimate of drug-likeness (QED) is 0.738. The van der Waals surface area contributed by atoms with Gasteiger partial charge in [-0.25, -0.2) is 4.98 Å². The van der Waals surface area contributed by atoms with Gasteiger partial charge in [-0.05, 0) is 30.2 Å². The number of oxazole rings is 1. The van der Waals surface area contributed by atoms with Gasteiger partial charge >= 0.3 is 0 Å². The number of nitrogens with zero attached hydrogens (tertiary/aromatic N) is 2. The average molecular weight is 305 g/mol. The van der Waals surface area contributed by atoms with Crippen LogP contribution in [0.15, 0.2) is 59.2 Å². The average Bonchev–Trinajstić information content (AvgIpc) is 3.22. The maximum atomic E-state index is 12.7. The van der Waals surface area contributed by atoms with Crippen LogP contribution in [0.2, 0.25) is 0 Å². The molecule has 0 spiro atoms. The van der Waals surface area contributed by atoms with Gasteiger partial charge in [0.25, 0.3) is 5.91 Å². The lowest BCUT2D eigenvalue weighted by molar-refractivity contribution is 0.0984. The van der Waals surface area contributed by atoms with Crippen molar-refractivity contribution < 1.29 is 9.21 Å². The summed E-state index contributed by atoms with van der Waals surface area (Å²) >= 11 is 0. The van der Waals surface area contributed by atoms with Gasteiger partial charge in [-0.2, -0.15) is 0 Å². The molecule has 2 aromatic carbocycles. The van der Waals surface area contributed by atoms with E-state index in [2.05, 4.69) is 4.98 Å². The zero-order valence-electron chi connectivity index (χ0n) is 12.4. The third kappa shape index (κ3) is 2.26. The minimum absolute atomic E-state index is 0.153. The predicted molar refractivity (Wildman–Crippen MR) is 88.2 cm³/mol. The maximum Gasteiger partial charge on any atom is 0.280 e. The molecule has 1 amide bonds. The van der Waals surface area contributed by atoms with Crippen LogP contribution in [0.25, 0.3) is 11.5 Å². The fourth-order valence-electron chi connectivity index (χ4n) is 2.87. The largest absolute Gasteiger partial charge is 0.444 e. The molecule has 4 rings (SSSR count). The molecule has 5 heteroatoms. The van der Waals surface area contributed by atoms with Gasteiger partial charge in [0.1, 0.15) is 6.26 Å². The molecule has 0 saturated heterocycles. The van der Waals surface area contributed by atoms with Crippen molar-refractivity contribution in [1.82, 2.24) is 4.98 Å². The first-order valence-electron chi connectivity index (χ1n) is 7.44. The number of rotatable bonds is 2. The molecule has 2 N–H and O–H groups in total. The second-order valence-corrected chi connectivity index (χ2v) is 5.46. The molecule has 23 heavy (non-hydrogen) atoms. The fourth-order valence-corrected chi connectivity index (χ4v) is 2.87. The van der Waals surface area contributed by atoms with E-state index in [1.165, 1.54) is 11.8 Å². The van der Waals surface area contributed by atoms with Crippen molar-refractivity contribution in [3.05, 3.63) is 66.1 Å². The molecule has 1 aromatic heterocycles. The SMILES string of the molecule is Nc1ccccc1-c1nc(C(=O)N2CCc3ccccc32)co1. The van der Waals surface area contributed by atoms with E-state index in [4.69, 9.17) is 10.2 Å². The number of fused-ring (bicyclic) bond motifs is 1. The fraction of sp³-hybridized carbons (Fsp3) is 0.111. The number of aromatic nitrogens is 1. The van der Waals surface area contributed by atoms with Crippen molar-refractivity contribution in [1.29, 1.82) is 0 Å². The maximum absolute atomic E-state index is 12.7. The van der Waals surface area contributed by atoms with Gasteiger partial charge in [0.2, 0.25) is 5.89 Å². The second kappa shape index (κ2) is 5.28. The number of anilines is 2. The number of hydrogen-bond donors (Lipinski definition) is 1. The molecule has 0 fully saturated rings. The molecule has 1 aliphatic heterocycles. The van der Waals surface area contributed by atoms with Crippen molar-refractivity contribution >= 4 is 17.3 Å². The summed E-state index contributed by atoms with van der Waals surface area (Å²) in [5, 5.41) is 0. The Kier molecular flexibility index (Phi) is 3.12. The monoisotopic (exact) mass is 305 g/mol. The Hall–Kier alpha value is -3.08. The van der Waals surface area contributed by atoms with Crippen LogP contribution in [0, 0.1) is 0 Å². The van der Waals surface area contributed by atoms with Crippen LogP contribution in [-0.2, 0) is 6.42 Å². The van der Waals surface area contributed by atoms with Gasteiger partial charge in [-0.1, -0.05) is 30.3 Å². The highest BCUT2D eigenvalue weighted by Gasteiger charge is 2.27. The molecular weight excluding hydrogens is 290 g/mol. The lowest BCUT2D eigenvalue weighted by Crippen LogP contribution is -2.29. The minimum Gasteiger partial charge on any atom is -0.444 e. The van der Waals surface area contributed by atoms with Gasteiger partial charge in [-0.15, -0.1) is 0 Å². The van der Waals surface area contributed by atoms with E-state index in [1.54, 1.807) is 11.0 Å². The van der Waals surface area contributed by atoms with E-state index in [0.717, 1.165) is 12.1 Å². The van der Waals surface area contributed by atoms with E-state index < -0.39 is 0 Å². The summed E-state index contributed by atoms with van der Waals surface area (Å²) in [7, 11) is 0. The zero-order chi connectivity index (χ0) is 15.8. The Bertz CT molecular complexity index is 885. The Morgan fingerprint density at radius 2 is 1.91 bits per heavy atom. The summed E-state index contributed by atoms with van der Waals surface area (Å²) in [6, 6.07) is 15.2. The molecule has 0 unspecified atom stereocenters. The summed E-state index contributed by atoms with van der Waals surface area (Å²) in [5.41, 5.74) is 9.60. The molecule has 0 radical (unpaired) electrons. The molecule has 114 valence electrons. The van der Waals surface area contributed by atoms with Crippen molar-refractivity contribution in [2.45, 2.75) is 6.42 Å². The van der Waals surface area contributed by atoms with E-state index >= 15 is 0 Å². The molecule has 5 nitrogen and oxygen atoms in total. The molecule has 0 bridgehead atoms. The summed E-state index contributed by atoms with van der Waals surface area (Å²) in [6.45, 7) is 0.661. The highest BCUT2D eigenvalue weighted by Crippen LogP contribution is 2.30. The number of amides is 1. The van der Waals surface area contributed by atoms with E-state index in [-0.39, 0.29) is 5.91 Å². The minimum atomic E-state index is -0.153. The van der Waals surface area contributed by atoms with Gasteiger partial charge in [-0.3, -0.25) is 4.79 Å². The lowest BCUT2D eigenvalue weighted by atomic mass is 10.2. The third-order valence-electron chi connectivity index (χ3n) is 4.05. The first kappa shape index (κ1) is 13.6. The Labute approximate surface area is 133 Å². The van der Waals surface area contributed by atoms with Crippen molar-refractivity contribution in [3.63, 3.8) is 0 Å². The van der Waals surface area contributed by atoms with E-state index in [0.29, 0.717) is 29.4 Å². The molecule has 1 aliphatic rings. The van der Waals surface area contributed by atoms with Gasteiger partial charge < -0.3 is 15.1 Å². The topological polar surface area (TPSA) is 72.4 Å². The highest BCUT2D eigenvalue weighted by molar-refractivity contribution is 6.06. The van der Waals surface area contributed by atoms with Crippen LogP contribution >= 0.6 is 0 Å². The normalized spacial score (nSPS) is 13.1. The predicted octanol–water partition coefficient (Wildman–Crippen LogP) is 3.13. The Morgan fingerprint density at radius 1 is 1.13 bits per heavy atom. The number of nitrogen functional groups attached to an aromatic ring is 1. The van der Waals surface area contributed by atoms with Crippen molar-refractivity contribution in [2.75, 3.05) is 17.2 Å². The van der Waals surface area contributed by atoms with Crippen LogP contribution < -0.4 is 10.6 Å². The van der Waals surface area contributed by atoms with Crippen LogP contribution in [-0.4, -0.2) is 17.4 Å². The van der Waals surface area contributed by atoms with Crippen LogP contribution in [0.3, 0.4) is 0 Å². The first-order valence-corrected chi connectivity index (χ1v) is 7.44. The standard InChI is InChI=1S/C18H15N3O2/c19-14-7-3-2-6-13(14)17-20-15(11-23-17)18(22)21-10-9-12-5-1-4-8-16(12)21/h1-8,11H,9-10,19H2. The first-order chi connectivity index (χ1) is 11.2.